The second-order valence-electron chi connectivity index (χ2n) is 3.00. The molecule has 0 amide bonds. The largest absolute Gasteiger partial charge is 0.344 e. The van der Waals surface area contributed by atoms with E-state index < -0.39 is 6.29 Å². The number of rotatable bonds is 5. The van der Waals surface area contributed by atoms with E-state index in [0.29, 0.717) is 19.6 Å². The molecule has 0 unspecified atom stereocenters. The summed E-state index contributed by atoms with van der Waals surface area (Å²) < 4.78 is 10.1. The van der Waals surface area contributed by atoms with Gasteiger partial charge in [-0.2, -0.15) is 0 Å². The van der Waals surface area contributed by atoms with Crippen molar-refractivity contribution in [1.29, 1.82) is 0 Å². The highest BCUT2D eigenvalue weighted by Gasteiger charge is 2.23. The van der Waals surface area contributed by atoms with E-state index in [-0.39, 0.29) is 5.78 Å². The van der Waals surface area contributed by atoms with Gasteiger partial charge in [0.05, 0.1) is 13.2 Å². The van der Waals surface area contributed by atoms with Crippen LogP contribution in [0.1, 0.15) is 32.6 Å². The zero-order chi connectivity index (χ0) is 8.81. The second-order valence-corrected chi connectivity index (χ2v) is 3.00. The third-order valence-electron chi connectivity index (χ3n) is 1.91. The molecule has 1 rings (SSSR count). The van der Waals surface area contributed by atoms with E-state index in [4.69, 9.17) is 9.47 Å². The fraction of sp³-hybridized carbons (Fsp3) is 0.889. The predicted molar refractivity (Wildman–Crippen MR) is 44.8 cm³/mol. The Kier molecular flexibility index (Phi) is 4.25. The van der Waals surface area contributed by atoms with Crippen LogP contribution in [-0.2, 0) is 14.3 Å². The van der Waals surface area contributed by atoms with E-state index in [1.165, 1.54) is 0 Å². The maximum absolute atomic E-state index is 11.3. The molecule has 0 aromatic heterocycles. The lowest BCUT2D eigenvalue weighted by molar-refractivity contribution is -0.144. The molecule has 0 bridgehead atoms. The third kappa shape index (κ3) is 2.91. The number of Topliss-reactive ketones (excluding diaryl/α,β-unsaturated/α-hetero) is 1. The highest BCUT2D eigenvalue weighted by atomic mass is 16.7. The Bertz CT molecular complexity index is 139. The summed E-state index contributed by atoms with van der Waals surface area (Å²) in [6, 6.07) is 0. The van der Waals surface area contributed by atoms with Crippen LogP contribution in [0.25, 0.3) is 0 Å². The monoisotopic (exact) mass is 172 g/mol. The summed E-state index contributed by atoms with van der Waals surface area (Å²) in [6.45, 7) is 3.24. The van der Waals surface area contributed by atoms with Crippen molar-refractivity contribution in [3.8, 4) is 0 Å². The van der Waals surface area contributed by atoms with Crippen LogP contribution in [0.4, 0.5) is 0 Å². The van der Waals surface area contributed by atoms with Crippen LogP contribution >= 0.6 is 0 Å². The maximum Gasteiger partial charge on any atom is 0.217 e. The summed E-state index contributed by atoms with van der Waals surface area (Å²) in [6.07, 6.45) is 3.25. The van der Waals surface area contributed by atoms with Gasteiger partial charge >= 0.3 is 0 Å². The molecule has 0 radical (unpaired) electrons. The van der Waals surface area contributed by atoms with Crippen LogP contribution in [0.5, 0.6) is 0 Å². The number of carbonyl (C=O) groups excluding carboxylic acids is 1. The Morgan fingerprint density at radius 1 is 1.33 bits per heavy atom. The molecule has 1 heterocycles. The molecule has 0 spiro atoms. The first-order valence-electron chi connectivity index (χ1n) is 4.60. The summed E-state index contributed by atoms with van der Waals surface area (Å²) in [5, 5.41) is 0. The Morgan fingerprint density at radius 2 is 2.00 bits per heavy atom. The summed E-state index contributed by atoms with van der Waals surface area (Å²) in [4.78, 5) is 11.3. The topological polar surface area (TPSA) is 35.5 Å². The number of carbonyl (C=O) groups is 1. The molecule has 1 fully saturated rings. The molecular formula is C9H16O3. The first-order valence-corrected chi connectivity index (χ1v) is 4.60. The van der Waals surface area contributed by atoms with E-state index in [0.717, 1.165) is 19.3 Å². The fourth-order valence-electron chi connectivity index (χ4n) is 1.21. The van der Waals surface area contributed by atoms with E-state index in [1.807, 2.05) is 0 Å². The van der Waals surface area contributed by atoms with Crippen molar-refractivity contribution in [2.45, 2.75) is 38.9 Å². The molecule has 0 N–H and O–H groups in total. The lowest BCUT2D eigenvalue weighted by Crippen LogP contribution is -2.20. The number of ether oxygens (including phenoxy) is 2. The second kappa shape index (κ2) is 5.27. The average Bonchev–Trinajstić information content (AvgIpc) is 2.56. The van der Waals surface area contributed by atoms with Crippen molar-refractivity contribution in [1.82, 2.24) is 0 Å². The van der Waals surface area contributed by atoms with Crippen LogP contribution < -0.4 is 0 Å². The zero-order valence-corrected chi connectivity index (χ0v) is 7.54. The van der Waals surface area contributed by atoms with Gasteiger partial charge in [-0.15, -0.1) is 0 Å². The van der Waals surface area contributed by atoms with Gasteiger partial charge in [-0.05, 0) is 6.42 Å². The Morgan fingerprint density at radius 3 is 2.58 bits per heavy atom. The smallest absolute Gasteiger partial charge is 0.217 e. The number of hydrogen-bond donors (Lipinski definition) is 0. The minimum atomic E-state index is -0.554. The SMILES string of the molecule is CCCCCC(=O)C1OCCO1. The van der Waals surface area contributed by atoms with Crippen molar-refractivity contribution in [3.05, 3.63) is 0 Å². The molecule has 12 heavy (non-hydrogen) atoms. The van der Waals surface area contributed by atoms with Gasteiger partial charge in [0, 0.05) is 6.42 Å². The molecule has 3 nitrogen and oxygen atoms in total. The fourth-order valence-corrected chi connectivity index (χ4v) is 1.21. The van der Waals surface area contributed by atoms with Crippen LogP contribution in [0.3, 0.4) is 0 Å². The van der Waals surface area contributed by atoms with Crippen molar-refractivity contribution in [2.24, 2.45) is 0 Å². The summed E-state index contributed by atoms with van der Waals surface area (Å²) in [7, 11) is 0. The molecule has 0 saturated carbocycles. The van der Waals surface area contributed by atoms with Crippen LogP contribution in [0, 0.1) is 0 Å². The predicted octanol–water partition coefficient (Wildman–Crippen LogP) is 1.51. The number of unbranched alkanes of at least 4 members (excludes halogenated alkanes) is 2. The molecule has 1 saturated heterocycles. The molecule has 1 aliphatic rings. The molecule has 0 atom stereocenters. The minimum absolute atomic E-state index is 0.0981. The highest BCUT2D eigenvalue weighted by molar-refractivity contribution is 5.81. The van der Waals surface area contributed by atoms with Crippen LogP contribution in [0.2, 0.25) is 0 Å². The van der Waals surface area contributed by atoms with Gasteiger partial charge in [0.2, 0.25) is 6.29 Å². The average molecular weight is 172 g/mol. The van der Waals surface area contributed by atoms with Crippen LogP contribution in [-0.4, -0.2) is 25.3 Å². The number of ketones is 1. The lowest BCUT2D eigenvalue weighted by atomic mass is 10.1. The normalized spacial score (nSPS) is 18.4. The van der Waals surface area contributed by atoms with Gasteiger partial charge in [-0.1, -0.05) is 19.8 Å². The van der Waals surface area contributed by atoms with Gasteiger partial charge in [-0.3, -0.25) is 4.79 Å². The Balaban J connectivity index is 2.10. The summed E-state index contributed by atoms with van der Waals surface area (Å²) in [5.41, 5.74) is 0. The Labute approximate surface area is 73.0 Å². The third-order valence-corrected chi connectivity index (χ3v) is 1.91. The van der Waals surface area contributed by atoms with Crippen molar-refractivity contribution in [3.63, 3.8) is 0 Å². The van der Waals surface area contributed by atoms with Crippen molar-refractivity contribution in [2.75, 3.05) is 13.2 Å². The van der Waals surface area contributed by atoms with Gasteiger partial charge in [0.15, 0.2) is 5.78 Å². The molecule has 3 heteroatoms. The van der Waals surface area contributed by atoms with Crippen molar-refractivity contribution < 1.29 is 14.3 Å². The standard InChI is InChI=1S/C9H16O3/c1-2-3-4-5-8(10)9-11-6-7-12-9/h9H,2-7H2,1H3. The van der Waals surface area contributed by atoms with E-state index >= 15 is 0 Å². The number of hydrogen-bond acceptors (Lipinski definition) is 3. The molecule has 1 aliphatic heterocycles. The first-order chi connectivity index (χ1) is 5.84. The highest BCUT2D eigenvalue weighted by Crippen LogP contribution is 2.09. The van der Waals surface area contributed by atoms with Crippen LogP contribution in [0.15, 0.2) is 0 Å². The minimum Gasteiger partial charge on any atom is -0.344 e. The van der Waals surface area contributed by atoms with Gasteiger partial charge in [0.25, 0.3) is 0 Å². The summed E-state index contributed by atoms with van der Waals surface area (Å²) in [5.74, 6) is 0.0981. The molecule has 0 aromatic rings. The van der Waals surface area contributed by atoms with E-state index in [9.17, 15) is 4.79 Å². The zero-order valence-electron chi connectivity index (χ0n) is 7.54. The molecule has 0 aliphatic carbocycles. The van der Waals surface area contributed by atoms with Gasteiger partial charge in [0.1, 0.15) is 0 Å². The first kappa shape index (κ1) is 9.68. The molecule has 0 aromatic carbocycles. The van der Waals surface area contributed by atoms with Gasteiger partial charge in [-0.25, -0.2) is 0 Å². The molecule has 70 valence electrons. The summed E-state index contributed by atoms with van der Waals surface area (Å²) >= 11 is 0. The van der Waals surface area contributed by atoms with Crippen molar-refractivity contribution >= 4 is 5.78 Å². The van der Waals surface area contributed by atoms with Gasteiger partial charge < -0.3 is 9.47 Å². The van der Waals surface area contributed by atoms with E-state index in [1.54, 1.807) is 0 Å². The lowest BCUT2D eigenvalue weighted by Gasteiger charge is -2.06. The quantitative estimate of drug-likeness (QED) is 0.590. The molecular weight excluding hydrogens is 156 g/mol. The van der Waals surface area contributed by atoms with E-state index in [2.05, 4.69) is 6.92 Å². The Hall–Kier alpha value is -0.410. The maximum atomic E-state index is 11.3.